The Morgan fingerprint density at radius 1 is 1.08 bits per heavy atom. The van der Waals surface area contributed by atoms with Gasteiger partial charge in [0.15, 0.2) is 10.9 Å². The van der Waals surface area contributed by atoms with Crippen molar-refractivity contribution < 1.29 is 4.79 Å². The molecule has 2 aromatic carbocycles. The molecule has 0 saturated heterocycles. The van der Waals surface area contributed by atoms with Gasteiger partial charge in [-0.05, 0) is 25.5 Å². The zero-order valence-electron chi connectivity index (χ0n) is 14.4. The Labute approximate surface area is 155 Å². The number of H-pyrrole nitrogens is 1. The molecule has 2 N–H and O–H groups in total. The van der Waals surface area contributed by atoms with E-state index in [4.69, 9.17) is 0 Å². The van der Waals surface area contributed by atoms with Gasteiger partial charge in [0.05, 0.1) is 5.25 Å². The highest BCUT2D eigenvalue weighted by molar-refractivity contribution is 8.00. The molecule has 0 bridgehead atoms. The SMILES string of the molecule is Cc1ccccc1NC(=O)C(C)Sc1nnc(-c2ccccc2)c(=O)[nH]1. The van der Waals surface area contributed by atoms with Crippen molar-refractivity contribution in [2.45, 2.75) is 24.3 Å². The number of amides is 1. The molecule has 0 aliphatic carbocycles. The van der Waals surface area contributed by atoms with Gasteiger partial charge >= 0.3 is 0 Å². The molecular formula is C19H18N4O2S. The first-order valence-corrected chi connectivity index (χ1v) is 8.98. The molecule has 1 unspecified atom stereocenters. The number of rotatable bonds is 5. The van der Waals surface area contributed by atoms with Crippen LogP contribution in [0.25, 0.3) is 11.3 Å². The van der Waals surface area contributed by atoms with Crippen LogP contribution >= 0.6 is 11.8 Å². The van der Waals surface area contributed by atoms with E-state index in [1.165, 1.54) is 0 Å². The van der Waals surface area contributed by atoms with Crippen LogP contribution in [0, 0.1) is 6.92 Å². The summed E-state index contributed by atoms with van der Waals surface area (Å²) < 4.78 is 0. The van der Waals surface area contributed by atoms with Gasteiger partial charge in [0, 0.05) is 11.3 Å². The number of thioether (sulfide) groups is 1. The molecule has 3 aromatic rings. The Bertz CT molecular complexity index is 973. The number of benzene rings is 2. The Hall–Kier alpha value is -2.93. The lowest BCUT2D eigenvalue weighted by atomic mass is 10.2. The molecular weight excluding hydrogens is 348 g/mol. The maximum absolute atomic E-state index is 12.4. The summed E-state index contributed by atoms with van der Waals surface area (Å²) >= 11 is 1.15. The monoisotopic (exact) mass is 366 g/mol. The van der Waals surface area contributed by atoms with Crippen molar-refractivity contribution >= 4 is 23.4 Å². The maximum Gasteiger partial charge on any atom is 0.278 e. The minimum atomic E-state index is -0.442. The van der Waals surface area contributed by atoms with Crippen LogP contribution in [0.4, 0.5) is 5.69 Å². The first kappa shape index (κ1) is 17.9. The van der Waals surface area contributed by atoms with Gasteiger partial charge in [-0.25, -0.2) is 0 Å². The molecule has 0 fully saturated rings. The third-order valence-electron chi connectivity index (χ3n) is 3.78. The van der Waals surface area contributed by atoms with Crippen LogP contribution in [-0.4, -0.2) is 26.3 Å². The molecule has 7 heteroatoms. The lowest BCUT2D eigenvalue weighted by Crippen LogP contribution is -2.24. The summed E-state index contributed by atoms with van der Waals surface area (Å²) in [6, 6.07) is 16.7. The van der Waals surface area contributed by atoms with Crippen molar-refractivity contribution in [2.75, 3.05) is 5.32 Å². The highest BCUT2D eigenvalue weighted by atomic mass is 32.2. The fourth-order valence-electron chi connectivity index (χ4n) is 2.33. The van der Waals surface area contributed by atoms with Gasteiger partial charge in [-0.2, -0.15) is 0 Å². The van der Waals surface area contributed by atoms with Gasteiger partial charge in [0.1, 0.15) is 0 Å². The third kappa shape index (κ3) is 4.18. The number of aromatic nitrogens is 3. The van der Waals surface area contributed by atoms with Gasteiger partial charge in [-0.15, -0.1) is 10.2 Å². The highest BCUT2D eigenvalue weighted by Gasteiger charge is 2.17. The average Bonchev–Trinajstić information content (AvgIpc) is 2.64. The van der Waals surface area contributed by atoms with Crippen molar-refractivity contribution in [3.63, 3.8) is 0 Å². The van der Waals surface area contributed by atoms with E-state index in [1.807, 2.05) is 49.4 Å². The van der Waals surface area contributed by atoms with Gasteiger partial charge in [-0.1, -0.05) is 60.3 Å². The molecule has 1 aromatic heterocycles. The van der Waals surface area contributed by atoms with Crippen LogP contribution in [0.3, 0.4) is 0 Å². The number of carbonyl (C=O) groups excluding carboxylic acids is 1. The molecule has 132 valence electrons. The number of hydrogen-bond acceptors (Lipinski definition) is 5. The van der Waals surface area contributed by atoms with Crippen LogP contribution in [0.5, 0.6) is 0 Å². The van der Waals surface area contributed by atoms with Crippen LogP contribution in [0.15, 0.2) is 64.5 Å². The average molecular weight is 366 g/mol. The van der Waals surface area contributed by atoms with Crippen LogP contribution in [0.2, 0.25) is 0 Å². The molecule has 0 spiro atoms. The minimum Gasteiger partial charge on any atom is -0.325 e. The molecule has 26 heavy (non-hydrogen) atoms. The summed E-state index contributed by atoms with van der Waals surface area (Å²) in [5.74, 6) is -0.168. The Balaban J connectivity index is 1.70. The second-order valence-electron chi connectivity index (χ2n) is 5.74. The summed E-state index contributed by atoms with van der Waals surface area (Å²) in [5.41, 5.74) is 2.37. The lowest BCUT2D eigenvalue weighted by Gasteiger charge is -2.12. The molecule has 1 amide bonds. The van der Waals surface area contributed by atoms with E-state index in [1.54, 1.807) is 19.1 Å². The van der Waals surface area contributed by atoms with E-state index < -0.39 is 5.25 Å². The van der Waals surface area contributed by atoms with Gasteiger partial charge in [0.2, 0.25) is 5.91 Å². The number of para-hydroxylation sites is 1. The van der Waals surface area contributed by atoms with Crippen molar-refractivity contribution in [3.05, 3.63) is 70.5 Å². The minimum absolute atomic E-state index is 0.168. The lowest BCUT2D eigenvalue weighted by molar-refractivity contribution is -0.115. The summed E-state index contributed by atoms with van der Waals surface area (Å²) in [4.78, 5) is 27.3. The topological polar surface area (TPSA) is 87.7 Å². The summed E-state index contributed by atoms with van der Waals surface area (Å²) in [5, 5.41) is 10.8. The number of anilines is 1. The first-order valence-electron chi connectivity index (χ1n) is 8.10. The third-order valence-corrected chi connectivity index (χ3v) is 4.76. The van der Waals surface area contributed by atoms with E-state index in [-0.39, 0.29) is 17.2 Å². The number of carbonyl (C=O) groups is 1. The van der Waals surface area contributed by atoms with E-state index in [0.29, 0.717) is 10.7 Å². The molecule has 0 aliphatic heterocycles. The first-order chi connectivity index (χ1) is 12.5. The van der Waals surface area contributed by atoms with Gasteiger partial charge < -0.3 is 5.32 Å². The molecule has 3 rings (SSSR count). The number of aryl methyl sites for hydroxylation is 1. The molecule has 0 radical (unpaired) electrons. The Kier molecular flexibility index (Phi) is 5.48. The second-order valence-corrected chi connectivity index (χ2v) is 7.07. The summed E-state index contributed by atoms with van der Waals surface area (Å²) in [6.07, 6.45) is 0. The quantitative estimate of drug-likeness (QED) is 0.677. The fourth-order valence-corrected chi connectivity index (χ4v) is 3.07. The molecule has 1 atom stereocenters. The normalized spacial score (nSPS) is 11.8. The standard InChI is InChI=1S/C19H18N4O2S/c1-12-8-6-7-11-15(12)20-17(24)13(2)26-19-21-18(25)16(22-23-19)14-9-4-3-5-10-14/h3-11,13H,1-2H3,(H,20,24)(H,21,23,25). The predicted octanol–water partition coefficient (Wildman–Crippen LogP) is 3.26. The number of nitrogens with one attached hydrogen (secondary N) is 2. The van der Waals surface area contributed by atoms with Gasteiger partial charge in [0.25, 0.3) is 5.56 Å². The fraction of sp³-hybridized carbons (Fsp3) is 0.158. The van der Waals surface area contributed by atoms with Gasteiger partial charge in [-0.3, -0.25) is 14.6 Å². The number of nitrogens with zero attached hydrogens (tertiary/aromatic N) is 2. The molecule has 0 aliphatic rings. The zero-order chi connectivity index (χ0) is 18.5. The second kappa shape index (κ2) is 7.97. The predicted molar refractivity (Wildman–Crippen MR) is 103 cm³/mol. The summed E-state index contributed by atoms with van der Waals surface area (Å²) in [6.45, 7) is 3.68. The smallest absolute Gasteiger partial charge is 0.278 e. The highest BCUT2D eigenvalue weighted by Crippen LogP contribution is 2.21. The van der Waals surface area contributed by atoms with Crippen LogP contribution < -0.4 is 10.9 Å². The van der Waals surface area contributed by atoms with Crippen LogP contribution in [-0.2, 0) is 4.79 Å². The maximum atomic E-state index is 12.4. The number of hydrogen-bond donors (Lipinski definition) is 2. The molecule has 6 nitrogen and oxygen atoms in total. The van der Waals surface area contributed by atoms with E-state index >= 15 is 0 Å². The number of aromatic amines is 1. The van der Waals surface area contributed by atoms with Crippen molar-refractivity contribution in [1.29, 1.82) is 0 Å². The Morgan fingerprint density at radius 2 is 1.77 bits per heavy atom. The van der Waals surface area contributed by atoms with E-state index in [0.717, 1.165) is 23.0 Å². The molecule has 1 heterocycles. The molecule has 0 saturated carbocycles. The van der Waals surface area contributed by atoms with E-state index in [2.05, 4.69) is 20.5 Å². The Morgan fingerprint density at radius 3 is 2.46 bits per heavy atom. The summed E-state index contributed by atoms with van der Waals surface area (Å²) in [7, 11) is 0. The van der Waals surface area contributed by atoms with Crippen LogP contribution in [0.1, 0.15) is 12.5 Å². The van der Waals surface area contributed by atoms with Crippen molar-refractivity contribution in [3.8, 4) is 11.3 Å². The largest absolute Gasteiger partial charge is 0.325 e. The van der Waals surface area contributed by atoms with Crippen molar-refractivity contribution in [2.24, 2.45) is 0 Å². The van der Waals surface area contributed by atoms with E-state index in [9.17, 15) is 9.59 Å². The zero-order valence-corrected chi connectivity index (χ0v) is 15.2. The van der Waals surface area contributed by atoms with Crippen molar-refractivity contribution in [1.82, 2.24) is 15.2 Å².